The molecule has 2 heterocycles. The topological polar surface area (TPSA) is 94.9 Å². The Morgan fingerprint density at radius 2 is 2.19 bits per heavy atom. The van der Waals surface area contributed by atoms with E-state index in [2.05, 4.69) is 9.82 Å². The molecule has 8 heteroatoms. The summed E-state index contributed by atoms with van der Waals surface area (Å²) in [6.07, 6.45) is 5.50. The van der Waals surface area contributed by atoms with Gasteiger partial charge in [0, 0.05) is 37.7 Å². The van der Waals surface area contributed by atoms with Crippen molar-refractivity contribution < 1.29 is 8.42 Å². The lowest BCUT2D eigenvalue weighted by Crippen LogP contribution is -2.24. The number of nitrogens with zero attached hydrogens (tertiary/aromatic N) is 3. The first-order valence-electron chi connectivity index (χ1n) is 6.88. The van der Waals surface area contributed by atoms with E-state index in [0.29, 0.717) is 12.6 Å². The second kappa shape index (κ2) is 5.28. The average Bonchev–Trinajstić information content (AvgIpc) is 3.06. The Morgan fingerprint density at radius 3 is 2.76 bits per heavy atom. The molecule has 2 aromatic heterocycles. The van der Waals surface area contributed by atoms with Gasteiger partial charge in [-0.25, -0.2) is 13.1 Å². The molecular formula is C13H19N5O2S. The Bertz CT molecular complexity index is 742. The molecule has 0 atom stereocenters. The first-order valence-corrected chi connectivity index (χ1v) is 8.37. The van der Waals surface area contributed by atoms with Crippen molar-refractivity contribution in [3.63, 3.8) is 0 Å². The average molecular weight is 309 g/mol. The van der Waals surface area contributed by atoms with Crippen LogP contribution in [0.1, 0.15) is 30.3 Å². The maximum absolute atomic E-state index is 12.4. The molecule has 1 saturated carbocycles. The summed E-state index contributed by atoms with van der Waals surface area (Å²) in [6, 6.07) is 3.84. The monoisotopic (exact) mass is 309 g/mol. The van der Waals surface area contributed by atoms with Crippen LogP contribution in [0.5, 0.6) is 0 Å². The third-order valence-corrected chi connectivity index (χ3v) is 5.10. The molecule has 1 aliphatic rings. The maximum atomic E-state index is 12.4. The number of aromatic nitrogens is 3. The maximum Gasteiger partial charge on any atom is 0.242 e. The zero-order valence-electron chi connectivity index (χ0n) is 11.9. The number of sulfonamides is 1. The van der Waals surface area contributed by atoms with Gasteiger partial charge in [0.2, 0.25) is 10.0 Å². The quantitative estimate of drug-likeness (QED) is 0.812. The third kappa shape index (κ3) is 2.87. The fourth-order valence-electron chi connectivity index (χ4n) is 2.33. The third-order valence-electron chi connectivity index (χ3n) is 3.73. The lowest BCUT2D eigenvalue weighted by molar-refractivity contribution is 0.576. The first-order chi connectivity index (χ1) is 10.0. The molecule has 21 heavy (non-hydrogen) atoms. The predicted octanol–water partition coefficient (Wildman–Crippen LogP) is 0.494. The molecule has 7 nitrogen and oxygen atoms in total. The molecule has 0 radical (unpaired) electrons. The number of rotatable bonds is 6. The molecule has 0 saturated heterocycles. The van der Waals surface area contributed by atoms with E-state index in [1.54, 1.807) is 36.3 Å². The fraction of sp³-hybridized carbons (Fsp3) is 0.462. The van der Waals surface area contributed by atoms with Crippen LogP contribution >= 0.6 is 0 Å². The summed E-state index contributed by atoms with van der Waals surface area (Å²) in [5, 5.41) is 4.01. The second-order valence-corrected chi connectivity index (χ2v) is 7.05. The van der Waals surface area contributed by atoms with Crippen LogP contribution in [0.15, 0.2) is 29.4 Å². The molecule has 0 aliphatic heterocycles. The minimum Gasteiger partial charge on any atom is -0.346 e. The Labute approximate surface area is 123 Å². The van der Waals surface area contributed by atoms with Crippen LogP contribution in [0.2, 0.25) is 0 Å². The van der Waals surface area contributed by atoms with Gasteiger partial charge >= 0.3 is 0 Å². The number of hydrogen-bond donors (Lipinski definition) is 2. The summed E-state index contributed by atoms with van der Waals surface area (Å²) < 4.78 is 31.0. The fourth-order valence-corrected chi connectivity index (χ4v) is 3.38. The van der Waals surface area contributed by atoms with Gasteiger partial charge in [-0.15, -0.1) is 0 Å². The highest BCUT2D eigenvalue weighted by Gasteiger charge is 2.27. The number of nitrogens with two attached hydrogens (primary N) is 1. The molecule has 0 spiro atoms. The summed E-state index contributed by atoms with van der Waals surface area (Å²) in [5.41, 5.74) is 7.36. The van der Waals surface area contributed by atoms with Crippen molar-refractivity contribution in [3.05, 3.63) is 35.9 Å². The lowest BCUT2D eigenvalue weighted by Gasteiger charge is -2.05. The minimum absolute atomic E-state index is 0.214. The van der Waals surface area contributed by atoms with Crippen molar-refractivity contribution in [2.24, 2.45) is 12.8 Å². The highest BCUT2D eigenvalue weighted by molar-refractivity contribution is 7.89. The van der Waals surface area contributed by atoms with E-state index < -0.39 is 10.0 Å². The SMILES string of the molecule is Cn1nccc1CNS(=O)(=O)c1cc(CN)n(C2CC2)c1. The van der Waals surface area contributed by atoms with Crippen molar-refractivity contribution in [3.8, 4) is 0 Å². The van der Waals surface area contributed by atoms with E-state index >= 15 is 0 Å². The van der Waals surface area contributed by atoms with Crippen LogP contribution in [-0.2, 0) is 30.2 Å². The highest BCUT2D eigenvalue weighted by Crippen LogP contribution is 2.37. The van der Waals surface area contributed by atoms with Gasteiger partial charge in [-0.2, -0.15) is 5.10 Å². The van der Waals surface area contributed by atoms with Gasteiger partial charge in [0.15, 0.2) is 0 Å². The second-order valence-electron chi connectivity index (χ2n) is 5.28. The van der Waals surface area contributed by atoms with Crippen LogP contribution < -0.4 is 10.5 Å². The van der Waals surface area contributed by atoms with Gasteiger partial charge in [0.1, 0.15) is 0 Å². The van der Waals surface area contributed by atoms with Gasteiger partial charge in [0.25, 0.3) is 0 Å². The molecule has 0 unspecified atom stereocenters. The number of nitrogens with one attached hydrogen (secondary N) is 1. The van der Waals surface area contributed by atoms with Crippen molar-refractivity contribution in [1.82, 2.24) is 19.1 Å². The summed E-state index contributed by atoms with van der Waals surface area (Å²) in [5.74, 6) is 0. The normalized spacial score (nSPS) is 15.5. The Hall–Kier alpha value is -1.64. The van der Waals surface area contributed by atoms with Crippen molar-refractivity contribution in [2.75, 3.05) is 0 Å². The number of aryl methyl sites for hydroxylation is 1. The van der Waals surface area contributed by atoms with Crippen molar-refractivity contribution >= 4 is 10.0 Å². The van der Waals surface area contributed by atoms with E-state index in [0.717, 1.165) is 24.2 Å². The minimum atomic E-state index is -3.54. The predicted molar refractivity (Wildman–Crippen MR) is 77.8 cm³/mol. The zero-order valence-corrected chi connectivity index (χ0v) is 12.7. The lowest BCUT2D eigenvalue weighted by atomic mass is 10.4. The van der Waals surface area contributed by atoms with Crippen molar-refractivity contribution in [1.29, 1.82) is 0 Å². The molecule has 3 N–H and O–H groups in total. The van der Waals surface area contributed by atoms with Crippen LogP contribution in [-0.4, -0.2) is 22.8 Å². The van der Waals surface area contributed by atoms with Gasteiger partial charge in [0.05, 0.1) is 17.1 Å². The van der Waals surface area contributed by atoms with Gasteiger partial charge in [-0.1, -0.05) is 0 Å². The van der Waals surface area contributed by atoms with Crippen molar-refractivity contribution in [2.45, 2.75) is 36.9 Å². The largest absolute Gasteiger partial charge is 0.346 e. The first kappa shape index (κ1) is 14.3. The molecule has 0 bridgehead atoms. The molecule has 114 valence electrons. The van der Waals surface area contributed by atoms with Crippen LogP contribution in [0, 0.1) is 0 Å². The summed E-state index contributed by atoms with van der Waals surface area (Å²) in [4.78, 5) is 0.275. The Balaban J connectivity index is 1.79. The van der Waals surface area contributed by atoms with Crippen LogP contribution in [0.3, 0.4) is 0 Å². The van der Waals surface area contributed by atoms with E-state index in [-0.39, 0.29) is 11.4 Å². The standard InChI is InChI=1S/C13H19N5O2S/c1-17-11(4-5-15-17)8-16-21(19,20)13-6-12(7-14)18(9-13)10-2-3-10/h4-6,9-10,16H,2-3,7-8,14H2,1H3. The molecule has 3 rings (SSSR count). The Morgan fingerprint density at radius 1 is 1.43 bits per heavy atom. The summed E-state index contributed by atoms with van der Waals surface area (Å²) in [6.45, 7) is 0.555. The van der Waals surface area contributed by atoms with E-state index in [1.807, 2.05) is 4.57 Å². The molecular weight excluding hydrogens is 290 g/mol. The van der Waals surface area contributed by atoms with E-state index in [4.69, 9.17) is 5.73 Å². The summed E-state index contributed by atoms with van der Waals surface area (Å²) in [7, 11) is -1.76. The highest BCUT2D eigenvalue weighted by atomic mass is 32.2. The van der Waals surface area contributed by atoms with Gasteiger partial charge in [-0.3, -0.25) is 4.68 Å². The Kier molecular flexibility index (Phi) is 3.60. The molecule has 0 aromatic carbocycles. The molecule has 1 fully saturated rings. The van der Waals surface area contributed by atoms with E-state index in [1.165, 1.54) is 0 Å². The van der Waals surface area contributed by atoms with E-state index in [9.17, 15) is 8.42 Å². The summed E-state index contributed by atoms with van der Waals surface area (Å²) >= 11 is 0. The smallest absolute Gasteiger partial charge is 0.242 e. The number of hydrogen-bond acceptors (Lipinski definition) is 4. The molecule has 2 aromatic rings. The zero-order chi connectivity index (χ0) is 15.0. The van der Waals surface area contributed by atoms with Crippen LogP contribution in [0.4, 0.5) is 0 Å². The van der Waals surface area contributed by atoms with Crippen LogP contribution in [0.25, 0.3) is 0 Å². The van der Waals surface area contributed by atoms with Gasteiger partial charge < -0.3 is 10.3 Å². The molecule has 0 amide bonds. The molecule has 1 aliphatic carbocycles. The van der Waals surface area contributed by atoms with Gasteiger partial charge in [-0.05, 0) is 25.0 Å².